The molecule has 1 atom stereocenters. The first-order valence-electron chi connectivity index (χ1n) is 6.24. The maximum absolute atomic E-state index is 11.5. The van der Waals surface area contributed by atoms with E-state index in [2.05, 4.69) is 15.6 Å². The molecule has 2 amide bonds. The standard InChI is InChI=1S/C13H19N3O3/c1-2-10(7-12(17)18)8-15-13(19)16-9-11-3-5-14-6-4-11/h3-6,10H,2,7-9H2,1H3,(H,17,18)(H2,15,16,19). The van der Waals surface area contributed by atoms with Crippen molar-refractivity contribution in [1.82, 2.24) is 15.6 Å². The Labute approximate surface area is 112 Å². The van der Waals surface area contributed by atoms with Crippen LogP contribution in [-0.2, 0) is 11.3 Å². The van der Waals surface area contributed by atoms with Crippen LogP contribution in [0.3, 0.4) is 0 Å². The molecular formula is C13H19N3O3. The van der Waals surface area contributed by atoms with Gasteiger partial charge in [0.2, 0.25) is 0 Å². The van der Waals surface area contributed by atoms with Gasteiger partial charge in [-0.3, -0.25) is 9.78 Å². The van der Waals surface area contributed by atoms with Crippen molar-refractivity contribution in [2.45, 2.75) is 26.3 Å². The second kappa shape index (κ2) is 8.07. The lowest BCUT2D eigenvalue weighted by Crippen LogP contribution is -2.38. The van der Waals surface area contributed by atoms with Crippen LogP contribution in [0.25, 0.3) is 0 Å². The Kier molecular flexibility index (Phi) is 6.35. The molecule has 0 aliphatic heterocycles. The molecule has 1 aromatic rings. The number of carboxylic acids is 1. The van der Waals surface area contributed by atoms with Crippen molar-refractivity contribution in [3.8, 4) is 0 Å². The van der Waals surface area contributed by atoms with E-state index in [4.69, 9.17) is 5.11 Å². The molecule has 0 aromatic carbocycles. The maximum atomic E-state index is 11.5. The summed E-state index contributed by atoms with van der Waals surface area (Å²) in [5.41, 5.74) is 0.961. The molecule has 0 saturated carbocycles. The highest BCUT2D eigenvalue weighted by Crippen LogP contribution is 2.06. The summed E-state index contributed by atoms with van der Waals surface area (Å²) in [5.74, 6) is -0.880. The Morgan fingerprint density at radius 1 is 1.32 bits per heavy atom. The van der Waals surface area contributed by atoms with E-state index in [-0.39, 0.29) is 18.4 Å². The molecule has 19 heavy (non-hydrogen) atoms. The fourth-order valence-electron chi connectivity index (χ4n) is 1.59. The minimum atomic E-state index is -0.842. The van der Waals surface area contributed by atoms with Gasteiger partial charge >= 0.3 is 12.0 Å². The van der Waals surface area contributed by atoms with Crippen molar-refractivity contribution in [3.05, 3.63) is 30.1 Å². The SMILES string of the molecule is CCC(CNC(=O)NCc1ccncc1)CC(=O)O. The maximum Gasteiger partial charge on any atom is 0.315 e. The summed E-state index contributed by atoms with van der Waals surface area (Å²) in [4.78, 5) is 26.0. The van der Waals surface area contributed by atoms with Gasteiger partial charge in [0.25, 0.3) is 0 Å². The van der Waals surface area contributed by atoms with Crippen molar-refractivity contribution in [3.63, 3.8) is 0 Å². The van der Waals surface area contributed by atoms with Gasteiger partial charge < -0.3 is 15.7 Å². The minimum absolute atomic E-state index is 0.0378. The fraction of sp³-hybridized carbons (Fsp3) is 0.462. The molecule has 0 spiro atoms. The topological polar surface area (TPSA) is 91.3 Å². The lowest BCUT2D eigenvalue weighted by atomic mass is 10.0. The molecule has 0 bridgehead atoms. The Balaban J connectivity index is 2.25. The molecule has 3 N–H and O–H groups in total. The molecule has 0 aliphatic rings. The third kappa shape index (κ3) is 6.40. The van der Waals surface area contributed by atoms with Gasteiger partial charge in [-0.05, 0) is 23.6 Å². The lowest BCUT2D eigenvalue weighted by Gasteiger charge is -2.14. The molecule has 1 aromatic heterocycles. The molecule has 1 heterocycles. The van der Waals surface area contributed by atoms with Gasteiger partial charge in [0.1, 0.15) is 0 Å². The first-order valence-corrected chi connectivity index (χ1v) is 6.24. The number of carbonyl (C=O) groups excluding carboxylic acids is 1. The van der Waals surface area contributed by atoms with Crippen molar-refractivity contribution >= 4 is 12.0 Å². The van der Waals surface area contributed by atoms with Crippen molar-refractivity contribution < 1.29 is 14.7 Å². The molecule has 6 nitrogen and oxygen atoms in total. The Morgan fingerprint density at radius 2 is 2.00 bits per heavy atom. The number of amides is 2. The molecule has 0 saturated heterocycles. The van der Waals surface area contributed by atoms with Crippen LogP contribution in [0.4, 0.5) is 4.79 Å². The Hall–Kier alpha value is -2.11. The summed E-state index contributed by atoms with van der Waals surface area (Å²) in [7, 11) is 0. The minimum Gasteiger partial charge on any atom is -0.481 e. The van der Waals surface area contributed by atoms with E-state index >= 15 is 0 Å². The van der Waals surface area contributed by atoms with Crippen molar-refractivity contribution in [2.24, 2.45) is 5.92 Å². The largest absolute Gasteiger partial charge is 0.481 e. The molecule has 104 valence electrons. The summed E-state index contributed by atoms with van der Waals surface area (Å²) in [6.07, 6.45) is 4.11. The van der Waals surface area contributed by atoms with E-state index in [9.17, 15) is 9.59 Å². The lowest BCUT2D eigenvalue weighted by molar-refractivity contribution is -0.138. The number of pyridine rings is 1. The zero-order valence-corrected chi connectivity index (χ0v) is 10.9. The van der Waals surface area contributed by atoms with Gasteiger partial charge in [0.15, 0.2) is 0 Å². The van der Waals surface area contributed by atoms with E-state index in [1.165, 1.54) is 0 Å². The van der Waals surface area contributed by atoms with Crippen LogP contribution in [0.5, 0.6) is 0 Å². The quantitative estimate of drug-likeness (QED) is 0.694. The third-order valence-electron chi connectivity index (χ3n) is 2.79. The number of nitrogens with one attached hydrogen (secondary N) is 2. The molecule has 0 fully saturated rings. The van der Waals surface area contributed by atoms with Crippen molar-refractivity contribution in [1.29, 1.82) is 0 Å². The Bertz CT molecular complexity index is 409. The average molecular weight is 265 g/mol. The first-order chi connectivity index (χ1) is 9.11. The highest BCUT2D eigenvalue weighted by Gasteiger charge is 2.12. The molecule has 0 aliphatic carbocycles. The summed E-state index contributed by atoms with van der Waals surface area (Å²) >= 11 is 0. The van der Waals surface area contributed by atoms with Crippen LogP contribution in [-0.4, -0.2) is 28.6 Å². The highest BCUT2D eigenvalue weighted by atomic mass is 16.4. The fourth-order valence-corrected chi connectivity index (χ4v) is 1.59. The van der Waals surface area contributed by atoms with Crippen LogP contribution in [0, 0.1) is 5.92 Å². The zero-order chi connectivity index (χ0) is 14.1. The number of rotatable bonds is 7. The first kappa shape index (κ1) is 14.9. The van der Waals surface area contributed by atoms with E-state index in [0.29, 0.717) is 13.1 Å². The number of nitrogens with zero attached hydrogens (tertiary/aromatic N) is 1. The number of urea groups is 1. The molecular weight excluding hydrogens is 246 g/mol. The Morgan fingerprint density at radius 3 is 2.58 bits per heavy atom. The number of aliphatic carboxylic acids is 1. The van der Waals surface area contributed by atoms with E-state index in [1.54, 1.807) is 12.4 Å². The van der Waals surface area contributed by atoms with Gasteiger partial charge in [-0.15, -0.1) is 0 Å². The second-order valence-electron chi connectivity index (χ2n) is 4.29. The van der Waals surface area contributed by atoms with Crippen molar-refractivity contribution in [2.75, 3.05) is 6.54 Å². The number of hydrogen-bond donors (Lipinski definition) is 3. The summed E-state index contributed by atoms with van der Waals surface area (Å²) in [6, 6.07) is 3.35. The van der Waals surface area contributed by atoms with Crippen LogP contribution >= 0.6 is 0 Å². The number of carboxylic acid groups (broad SMARTS) is 1. The van der Waals surface area contributed by atoms with Gasteiger partial charge in [-0.1, -0.05) is 13.3 Å². The summed E-state index contributed by atoms with van der Waals surface area (Å²) < 4.78 is 0. The predicted octanol–water partition coefficient (Wildman–Crippen LogP) is 1.38. The van der Waals surface area contributed by atoms with E-state index < -0.39 is 5.97 Å². The van der Waals surface area contributed by atoms with Gasteiger partial charge in [0, 0.05) is 31.9 Å². The summed E-state index contributed by atoms with van der Waals surface area (Å²) in [5, 5.41) is 14.1. The van der Waals surface area contributed by atoms with Crippen LogP contribution in [0.2, 0.25) is 0 Å². The zero-order valence-electron chi connectivity index (χ0n) is 10.9. The molecule has 6 heteroatoms. The van der Waals surface area contributed by atoms with Crippen LogP contribution in [0.15, 0.2) is 24.5 Å². The monoisotopic (exact) mass is 265 g/mol. The number of carbonyl (C=O) groups is 2. The van der Waals surface area contributed by atoms with Crippen LogP contribution in [0.1, 0.15) is 25.3 Å². The van der Waals surface area contributed by atoms with E-state index in [1.807, 2.05) is 19.1 Å². The van der Waals surface area contributed by atoms with E-state index in [0.717, 1.165) is 12.0 Å². The number of aromatic nitrogens is 1. The molecule has 1 unspecified atom stereocenters. The smallest absolute Gasteiger partial charge is 0.315 e. The van der Waals surface area contributed by atoms with Gasteiger partial charge in [0.05, 0.1) is 0 Å². The molecule has 1 rings (SSSR count). The predicted molar refractivity (Wildman–Crippen MR) is 70.5 cm³/mol. The second-order valence-corrected chi connectivity index (χ2v) is 4.29. The normalized spacial score (nSPS) is 11.6. The number of hydrogen-bond acceptors (Lipinski definition) is 3. The van der Waals surface area contributed by atoms with Crippen LogP contribution < -0.4 is 10.6 Å². The van der Waals surface area contributed by atoms with Gasteiger partial charge in [-0.25, -0.2) is 4.79 Å². The highest BCUT2D eigenvalue weighted by molar-refractivity contribution is 5.74. The average Bonchev–Trinajstić information content (AvgIpc) is 2.42. The van der Waals surface area contributed by atoms with Gasteiger partial charge in [-0.2, -0.15) is 0 Å². The summed E-state index contributed by atoms with van der Waals surface area (Å²) in [6.45, 7) is 2.69. The molecule has 0 radical (unpaired) electrons. The third-order valence-corrected chi connectivity index (χ3v) is 2.79.